The molecule has 0 bridgehead atoms. The Bertz CT molecular complexity index is 521. The highest BCUT2D eigenvalue weighted by atomic mass is 19.3. The van der Waals surface area contributed by atoms with Crippen LogP contribution in [0.4, 0.5) is 8.78 Å². The molecule has 2 aliphatic heterocycles. The van der Waals surface area contributed by atoms with Crippen molar-refractivity contribution >= 4 is 5.91 Å². The minimum absolute atomic E-state index is 0.0305. The Morgan fingerprint density at radius 1 is 1.38 bits per heavy atom. The summed E-state index contributed by atoms with van der Waals surface area (Å²) in [6, 6.07) is 6.51. The van der Waals surface area contributed by atoms with Gasteiger partial charge in [0.15, 0.2) is 0 Å². The maximum atomic E-state index is 12.5. The molecule has 1 aromatic carbocycles. The van der Waals surface area contributed by atoms with Crippen LogP contribution in [-0.2, 0) is 9.53 Å². The SMILES string of the molecule is O=C1CNC(c2ccccc2OC(F)F)N1C1CCOC1. The topological polar surface area (TPSA) is 50.8 Å². The number of para-hydroxylation sites is 1. The minimum Gasteiger partial charge on any atom is -0.434 e. The van der Waals surface area contributed by atoms with Crippen LogP contribution in [0.25, 0.3) is 0 Å². The quantitative estimate of drug-likeness (QED) is 0.915. The van der Waals surface area contributed by atoms with Crippen LogP contribution in [0, 0.1) is 0 Å². The Labute approximate surface area is 120 Å². The molecule has 5 nitrogen and oxygen atoms in total. The average molecular weight is 298 g/mol. The summed E-state index contributed by atoms with van der Waals surface area (Å²) in [4.78, 5) is 13.8. The van der Waals surface area contributed by atoms with Gasteiger partial charge in [-0.2, -0.15) is 8.78 Å². The van der Waals surface area contributed by atoms with Crippen molar-refractivity contribution in [3.63, 3.8) is 0 Å². The third kappa shape index (κ3) is 2.84. The van der Waals surface area contributed by atoms with Gasteiger partial charge >= 0.3 is 6.61 Å². The largest absolute Gasteiger partial charge is 0.434 e. The highest BCUT2D eigenvalue weighted by Crippen LogP contribution is 2.33. The smallest absolute Gasteiger partial charge is 0.387 e. The number of carbonyl (C=O) groups excluding carboxylic acids is 1. The van der Waals surface area contributed by atoms with Crippen molar-refractivity contribution in [2.75, 3.05) is 19.8 Å². The highest BCUT2D eigenvalue weighted by molar-refractivity contribution is 5.81. The summed E-state index contributed by atoms with van der Waals surface area (Å²) >= 11 is 0. The summed E-state index contributed by atoms with van der Waals surface area (Å²) in [5, 5.41) is 3.06. The molecule has 1 amide bonds. The van der Waals surface area contributed by atoms with E-state index < -0.39 is 12.8 Å². The second-order valence-electron chi connectivity index (χ2n) is 5.02. The van der Waals surface area contributed by atoms with Crippen molar-refractivity contribution in [1.29, 1.82) is 0 Å². The van der Waals surface area contributed by atoms with Crippen LogP contribution in [0.5, 0.6) is 5.75 Å². The number of benzene rings is 1. The van der Waals surface area contributed by atoms with Crippen LogP contribution < -0.4 is 10.1 Å². The van der Waals surface area contributed by atoms with Gasteiger partial charge in [-0.1, -0.05) is 18.2 Å². The minimum atomic E-state index is -2.90. The van der Waals surface area contributed by atoms with Crippen LogP contribution in [0.1, 0.15) is 18.2 Å². The predicted molar refractivity (Wildman–Crippen MR) is 69.9 cm³/mol. The standard InChI is InChI=1S/C14H16F2N2O3/c15-14(16)21-11-4-2-1-3-10(11)13-17-7-12(19)18(13)9-5-6-20-8-9/h1-4,9,13-14,17H,5-8H2. The normalized spacial score (nSPS) is 25.9. The van der Waals surface area contributed by atoms with Gasteiger partial charge in [0.2, 0.25) is 5.91 Å². The molecule has 0 aliphatic carbocycles. The molecule has 3 rings (SSSR count). The number of hydrogen-bond acceptors (Lipinski definition) is 4. The van der Waals surface area contributed by atoms with Gasteiger partial charge in [-0.3, -0.25) is 10.1 Å². The molecule has 1 N–H and O–H groups in total. The molecule has 7 heteroatoms. The number of carbonyl (C=O) groups is 1. The third-order valence-corrected chi connectivity index (χ3v) is 3.74. The Morgan fingerprint density at radius 3 is 2.90 bits per heavy atom. The van der Waals surface area contributed by atoms with E-state index in [-0.39, 0.29) is 24.2 Å². The number of halogens is 2. The summed E-state index contributed by atoms with van der Waals surface area (Å²) < 4.78 is 34.9. The first-order chi connectivity index (χ1) is 10.2. The third-order valence-electron chi connectivity index (χ3n) is 3.74. The van der Waals surface area contributed by atoms with Crippen LogP contribution in [0.2, 0.25) is 0 Å². The van der Waals surface area contributed by atoms with Gasteiger partial charge in [0.25, 0.3) is 0 Å². The molecule has 2 saturated heterocycles. The fourth-order valence-electron chi connectivity index (χ4n) is 2.84. The summed E-state index contributed by atoms with van der Waals surface area (Å²) in [7, 11) is 0. The number of amides is 1. The van der Waals surface area contributed by atoms with E-state index in [9.17, 15) is 13.6 Å². The van der Waals surface area contributed by atoms with Crippen LogP contribution >= 0.6 is 0 Å². The molecule has 0 radical (unpaired) electrons. The van der Waals surface area contributed by atoms with Gasteiger partial charge in [0.05, 0.1) is 19.2 Å². The molecule has 114 valence electrons. The molecule has 0 aromatic heterocycles. The Kier molecular flexibility index (Phi) is 4.03. The van der Waals surface area contributed by atoms with Crippen LogP contribution in [-0.4, -0.2) is 43.2 Å². The number of alkyl halides is 2. The van der Waals surface area contributed by atoms with E-state index in [0.717, 1.165) is 6.42 Å². The molecule has 0 spiro atoms. The number of nitrogens with one attached hydrogen (secondary N) is 1. The molecule has 2 fully saturated rings. The maximum absolute atomic E-state index is 12.5. The second kappa shape index (κ2) is 5.95. The lowest BCUT2D eigenvalue weighted by atomic mass is 10.1. The van der Waals surface area contributed by atoms with E-state index in [1.165, 1.54) is 6.07 Å². The predicted octanol–water partition coefficient (Wildman–Crippen LogP) is 1.51. The first-order valence-electron chi connectivity index (χ1n) is 6.83. The van der Waals surface area contributed by atoms with Crippen LogP contribution in [0.3, 0.4) is 0 Å². The molecule has 2 aliphatic rings. The number of rotatable bonds is 4. The van der Waals surface area contributed by atoms with E-state index in [0.29, 0.717) is 18.8 Å². The first-order valence-corrected chi connectivity index (χ1v) is 6.83. The summed E-state index contributed by atoms with van der Waals surface area (Å²) in [6.07, 6.45) is 0.293. The van der Waals surface area contributed by atoms with Crippen molar-refractivity contribution in [3.8, 4) is 5.75 Å². The van der Waals surface area contributed by atoms with Crippen molar-refractivity contribution < 1.29 is 23.0 Å². The van der Waals surface area contributed by atoms with Gasteiger partial charge in [-0.15, -0.1) is 0 Å². The second-order valence-corrected chi connectivity index (χ2v) is 5.02. The fraction of sp³-hybridized carbons (Fsp3) is 0.500. The average Bonchev–Trinajstić information content (AvgIpc) is 3.07. The zero-order valence-electron chi connectivity index (χ0n) is 11.3. The highest BCUT2D eigenvalue weighted by Gasteiger charge is 2.39. The lowest BCUT2D eigenvalue weighted by Crippen LogP contribution is -2.40. The van der Waals surface area contributed by atoms with E-state index in [4.69, 9.17) is 4.74 Å². The summed E-state index contributed by atoms with van der Waals surface area (Å²) in [6.45, 7) is -1.63. The number of hydrogen-bond donors (Lipinski definition) is 1. The van der Waals surface area contributed by atoms with E-state index in [1.54, 1.807) is 23.1 Å². The number of nitrogens with zero attached hydrogens (tertiary/aromatic N) is 1. The summed E-state index contributed by atoms with van der Waals surface area (Å²) in [5.74, 6) is 0.0333. The molecule has 0 saturated carbocycles. The van der Waals surface area contributed by atoms with Crippen molar-refractivity contribution in [2.24, 2.45) is 0 Å². The molecule has 21 heavy (non-hydrogen) atoms. The van der Waals surface area contributed by atoms with Gasteiger partial charge in [-0.25, -0.2) is 0 Å². The van der Waals surface area contributed by atoms with Crippen LogP contribution in [0.15, 0.2) is 24.3 Å². The number of ether oxygens (including phenoxy) is 2. The van der Waals surface area contributed by atoms with Gasteiger partial charge in [0, 0.05) is 12.2 Å². The zero-order chi connectivity index (χ0) is 14.8. The zero-order valence-corrected chi connectivity index (χ0v) is 11.3. The first kappa shape index (κ1) is 14.2. The molecular weight excluding hydrogens is 282 g/mol. The molecule has 2 heterocycles. The van der Waals surface area contributed by atoms with Crippen molar-refractivity contribution in [1.82, 2.24) is 10.2 Å². The lowest BCUT2D eigenvalue weighted by Gasteiger charge is -2.30. The molecule has 2 atom stereocenters. The van der Waals surface area contributed by atoms with Gasteiger partial charge < -0.3 is 14.4 Å². The summed E-state index contributed by atoms with van der Waals surface area (Å²) in [5.41, 5.74) is 0.538. The Balaban J connectivity index is 1.89. The monoisotopic (exact) mass is 298 g/mol. The van der Waals surface area contributed by atoms with Gasteiger partial charge in [-0.05, 0) is 12.5 Å². The Hall–Kier alpha value is -1.73. The molecule has 1 aromatic rings. The van der Waals surface area contributed by atoms with E-state index >= 15 is 0 Å². The Morgan fingerprint density at radius 2 is 2.19 bits per heavy atom. The van der Waals surface area contributed by atoms with Crippen molar-refractivity contribution in [3.05, 3.63) is 29.8 Å². The van der Waals surface area contributed by atoms with Crippen molar-refractivity contribution in [2.45, 2.75) is 25.2 Å². The maximum Gasteiger partial charge on any atom is 0.387 e. The molecular formula is C14H16F2N2O3. The molecule has 2 unspecified atom stereocenters. The lowest BCUT2D eigenvalue weighted by molar-refractivity contribution is -0.130. The van der Waals surface area contributed by atoms with Gasteiger partial charge in [0.1, 0.15) is 11.9 Å². The fourth-order valence-corrected chi connectivity index (χ4v) is 2.84. The van der Waals surface area contributed by atoms with E-state index in [1.807, 2.05) is 0 Å². The van der Waals surface area contributed by atoms with E-state index in [2.05, 4.69) is 10.1 Å².